The number of hydrogen-bond donors (Lipinski definition) is 1. The van der Waals surface area contributed by atoms with Crippen LogP contribution in [0.2, 0.25) is 0 Å². The van der Waals surface area contributed by atoms with Crippen molar-refractivity contribution in [3.8, 4) is 0 Å². The van der Waals surface area contributed by atoms with E-state index in [2.05, 4.69) is 11.6 Å². The molecule has 0 saturated carbocycles. The van der Waals surface area contributed by atoms with Gasteiger partial charge < -0.3 is 4.98 Å². The van der Waals surface area contributed by atoms with Gasteiger partial charge in [0.15, 0.2) is 0 Å². The number of rotatable bonds is 1. The fraction of sp³-hybridized carbons (Fsp3) is 0.250. The SMILES string of the molecule is C=C(C)c1ccc(C)[nH]1. The predicted octanol–water partition coefficient (Wildman–Crippen LogP) is 2.36. The quantitative estimate of drug-likeness (QED) is 0.587. The lowest BCUT2D eigenvalue weighted by molar-refractivity contribution is 1.23. The molecule has 1 heteroatoms. The van der Waals surface area contributed by atoms with Crippen molar-refractivity contribution in [1.29, 1.82) is 0 Å². The molecule has 0 aliphatic carbocycles. The third-order valence-electron chi connectivity index (χ3n) is 1.29. The highest BCUT2D eigenvalue weighted by Crippen LogP contribution is 2.08. The third kappa shape index (κ3) is 1.22. The van der Waals surface area contributed by atoms with Crippen LogP contribution in [0.1, 0.15) is 18.3 Å². The molecule has 0 atom stereocenters. The van der Waals surface area contributed by atoms with Crippen molar-refractivity contribution < 1.29 is 0 Å². The van der Waals surface area contributed by atoms with E-state index in [1.807, 2.05) is 26.0 Å². The normalized spacial score (nSPS) is 9.56. The molecule has 0 saturated heterocycles. The molecule has 0 fully saturated rings. The molecular weight excluding hydrogens is 110 g/mol. The van der Waals surface area contributed by atoms with E-state index in [1.54, 1.807) is 0 Å². The van der Waals surface area contributed by atoms with Gasteiger partial charge in [-0.05, 0) is 31.6 Å². The number of H-pyrrole nitrogens is 1. The smallest absolute Gasteiger partial charge is 0.0406 e. The number of allylic oxidation sites excluding steroid dienone is 1. The number of aromatic amines is 1. The standard InChI is InChI=1S/C8H11N/c1-6(2)8-5-4-7(3)9-8/h4-5,9H,1H2,2-3H3. The van der Waals surface area contributed by atoms with Gasteiger partial charge in [0.05, 0.1) is 0 Å². The Kier molecular flexibility index (Phi) is 1.43. The van der Waals surface area contributed by atoms with Crippen molar-refractivity contribution in [2.75, 3.05) is 0 Å². The van der Waals surface area contributed by atoms with Gasteiger partial charge in [0.25, 0.3) is 0 Å². The Bertz CT molecular complexity index is 220. The first-order valence-corrected chi connectivity index (χ1v) is 3.01. The lowest BCUT2D eigenvalue weighted by Crippen LogP contribution is -1.75. The summed E-state index contributed by atoms with van der Waals surface area (Å²) in [5, 5.41) is 0. The maximum absolute atomic E-state index is 3.81. The summed E-state index contributed by atoms with van der Waals surface area (Å²) in [6, 6.07) is 4.08. The highest BCUT2D eigenvalue weighted by atomic mass is 14.7. The zero-order valence-electron chi connectivity index (χ0n) is 5.86. The minimum atomic E-state index is 1.09. The molecule has 0 aliphatic rings. The van der Waals surface area contributed by atoms with E-state index in [0.29, 0.717) is 0 Å². The second-order valence-corrected chi connectivity index (χ2v) is 2.34. The summed E-state index contributed by atoms with van der Waals surface area (Å²) in [5.41, 5.74) is 3.41. The van der Waals surface area contributed by atoms with Gasteiger partial charge >= 0.3 is 0 Å². The van der Waals surface area contributed by atoms with Crippen LogP contribution in [0, 0.1) is 6.92 Å². The summed E-state index contributed by atoms with van der Waals surface area (Å²) < 4.78 is 0. The zero-order valence-corrected chi connectivity index (χ0v) is 5.86. The van der Waals surface area contributed by atoms with Gasteiger partial charge in [-0.25, -0.2) is 0 Å². The molecule has 0 spiro atoms. The molecule has 9 heavy (non-hydrogen) atoms. The van der Waals surface area contributed by atoms with Gasteiger partial charge in [-0.1, -0.05) is 6.58 Å². The van der Waals surface area contributed by atoms with Gasteiger partial charge in [0, 0.05) is 11.4 Å². The monoisotopic (exact) mass is 121 g/mol. The van der Waals surface area contributed by atoms with Crippen LogP contribution < -0.4 is 0 Å². The van der Waals surface area contributed by atoms with E-state index in [0.717, 1.165) is 11.3 Å². The second kappa shape index (κ2) is 2.09. The largest absolute Gasteiger partial charge is 0.359 e. The summed E-state index contributed by atoms with van der Waals surface area (Å²) >= 11 is 0. The maximum atomic E-state index is 3.81. The van der Waals surface area contributed by atoms with Gasteiger partial charge in [0.2, 0.25) is 0 Å². The molecule has 1 rings (SSSR count). The molecule has 0 amide bonds. The van der Waals surface area contributed by atoms with Gasteiger partial charge in [-0.3, -0.25) is 0 Å². The maximum Gasteiger partial charge on any atom is 0.0406 e. The number of nitrogens with one attached hydrogen (secondary N) is 1. The minimum Gasteiger partial charge on any atom is -0.359 e. The summed E-state index contributed by atoms with van der Waals surface area (Å²) in [5.74, 6) is 0. The lowest BCUT2D eigenvalue weighted by Gasteiger charge is -1.90. The van der Waals surface area contributed by atoms with Crippen molar-refractivity contribution >= 4 is 5.57 Å². The zero-order chi connectivity index (χ0) is 6.85. The van der Waals surface area contributed by atoms with Crippen LogP contribution >= 0.6 is 0 Å². The molecule has 1 heterocycles. The van der Waals surface area contributed by atoms with Crippen LogP contribution in [0.25, 0.3) is 5.57 Å². The molecule has 48 valence electrons. The molecule has 1 aromatic heterocycles. The topological polar surface area (TPSA) is 15.8 Å². The van der Waals surface area contributed by atoms with Crippen molar-refractivity contribution in [2.24, 2.45) is 0 Å². The summed E-state index contributed by atoms with van der Waals surface area (Å²) in [6.07, 6.45) is 0. The predicted molar refractivity (Wildman–Crippen MR) is 40.2 cm³/mol. The Morgan fingerprint density at radius 2 is 2.22 bits per heavy atom. The molecule has 0 unspecified atom stereocenters. The first-order valence-electron chi connectivity index (χ1n) is 3.01. The Hall–Kier alpha value is -0.980. The van der Waals surface area contributed by atoms with Crippen LogP contribution in [0.5, 0.6) is 0 Å². The first-order chi connectivity index (χ1) is 4.20. The molecule has 0 aromatic carbocycles. The second-order valence-electron chi connectivity index (χ2n) is 2.34. The Morgan fingerprint density at radius 1 is 1.56 bits per heavy atom. The van der Waals surface area contributed by atoms with E-state index in [-0.39, 0.29) is 0 Å². The van der Waals surface area contributed by atoms with E-state index < -0.39 is 0 Å². The van der Waals surface area contributed by atoms with Crippen molar-refractivity contribution in [1.82, 2.24) is 4.98 Å². The number of aromatic nitrogens is 1. The molecule has 1 nitrogen and oxygen atoms in total. The molecule has 1 N–H and O–H groups in total. The van der Waals surface area contributed by atoms with Gasteiger partial charge in [-0.2, -0.15) is 0 Å². The van der Waals surface area contributed by atoms with E-state index >= 15 is 0 Å². The Balaban J connectivity index is 2.98. The van der Waals surface area contributed by atoms with E-state index in [9.17, 15) is 0 Å². The highest BCUT2D eigenvalue weighted by molar-refractivity contribution is 5.58. The number of hydrogen-bond acceptors (Lipinski definition) is 0. The van der Waals surface area contributed by atoms with E-state index in [1.165, 1.54) is 5.69 Å². The minimum absolute atomic E-state index is 1.09. The Labute approximate surface area is 55.4 Å². The first kappa shape index (κ1) is 6.14. The van der Waals surface area contributed by atoms with Crippen molar-refractivity contribution in [3.63, 3.8) is 0 Å². The number of aryl methyl sites for hydroxylation is 1. The molecular formula is C8H11N. The fourth-order valence-electron chi connectivity index (χ4n) is 0.753. The third-order valence-corrected chi connectivity index (χ3v) is 1.29. The fourth-order valence-corrected chi connectivity index (χ4v) is 0.753. The molecule has 0 aliphatic heterocycles. The van der Waals surface area contributed by atoms with Crippen LogP contribution in [0.15, 0.2) is 18.7 Å². The average Bonchev–Trinajstić information content (AvgIpc) is 2.14. The lowest BCUT2D eigenvalue weighted by atomic mass is 10.3. The molecule has 0 radical (unpaired) electrons. The highest BCUT2D eigenvalue weighted by Gasteiger charge is 1.92. The summed E-state index contributed by atoms with van der Waals surface area (Å²) in [4.78, 5) is 3.18. The summed E-state index contributed by atoms with van der Waals surface area (Å²) in [7, 11) is 0. The molecule has 1 aromatic rings. The van der Waals surface area contributed by atoms with Crippen LogP contribution in [0.3, 0.4) is 0 Å². The summed E-state index contributed by atoms with van der Waals surface area (Å²) in [6.45, 7) is 7.83. The van der Waals surface area contributed by atoms with Crippen molar-refractivity contribution in [3.05, 3.63) is 30.1 Å². The van der Waals surface area contributed by atoms with Crippen LogP contribution in [0.4, 0.5) is 0 Å². The van der Waals surface area contributed by atoms with Crippen molar-refractivity contribution in [2.45, 2.75) is 13.8 Å². The van der Waals surface area contributed by atoms with Gasteiger partial charge in [-0.15, -0.1) is 0 Å². The Morgan fingerprint density at radius 3 is 2.44 bits per heavy atom. The van der Waals surface area contributed by atoms with Crippen LogP contribution in [-0.2, 0) is 0 Å². The molecule has 0 bridgehead atoms. The van der Waals surface area contributed by atoms with Gasteiger partial charge in [0.1, 0.15) is 0 Å². The van der Waals surface area contributed by atoms with Crippen LogP contribution in [-0.4, -0.2) is 4.98 Å². The average molecular weight is 121 g/mol. The van der Waals surface area contributed by atoms with E-state index in [4.69, 9.17) is 0 Å².